The van der Waals surface area contributed by atoms with E-state index >= 15 is 0 Å². The standard InChI is InChI=1S/C15H20N2O2/c1-12-6-7-14(13(11-12)5-3-8-16)15(18)17-9-4-10-19-2/h6-7,11H,4,8-10,16H2,1-2H3,(H,17,18). The van der Waals surface area contributed by atoms with Gasteiger partial charge in [-0.25, -0.2) is 0 Å². The molecule has 0 fully saturated rings. The number of hydrogen-bond acceptors (Lipinski definition) is 3. The Morgan fingerprint density at radius 3 is 2.95 bits per heavy atom. The smallest absolute Gasteiger partial charge is 0.252 e. The van der Waals surface area contributed by atoms with Gasteiger partial charge in [0.2, 0.25) is 0 Å². The summed E-state index contributed by atoms with van der Waals surface area (Å²) in [5.41, 5.74) is 7.74. The highest BCUT2D eigenvalue weighted by atomic mass is 16.5. The maximum Gasteiger partial charge on any atom is 0.252 e. The fraction of sp³-hybridized carbons (Fsp3) is 0.400. The third kappa shape index (κ3) is 5.12. The van der Waals surface area contributed by atoms with Crippen LogP contribution >= 0.6 is 0 Å². The van der Waals surface area contributed by atoms with Gasteiger partial charge in [-0.05, 0) is 31.0 Å². The Balaban J connectivity index is 2.78. The minimum atomic E-state index is -0.113. The predicted molar refractivity (Wildman–Crippen MR) is 75.9 cm³/mol. The molecule has 1 rings (SSSR count). The summed E-state index contributed by atoms with van der Waals surface area (Å²) in [5, 5.41) is 2.85. The molecule has 0 spiro atoms. The van der Waals surface area contributed by atoms with Crippen molar-refractivity contribution in [2.75, 3.05) is 26.8 Å². The molecule has 0 unspecified atom stereocenters. The summed E-state index contributed by atoms with van der Waals surface area (Å²) in [4.78, 5) is 12.1. The number of carbonyl (C=O) groups is 1. The first-order chi connectivity index (χ1) is 9.19. The van der Waals surface area contributed by atoms with Crippen molar-refractivity contribution in [3.63, 3.8) is 0 Å². The third-order valence-corrected chi connectivity index (χ3v) is 2.56. The highest BCUT2D eigenvalue weighted by molar-refractivity contribution is 5.96. The fourth-order valence-electron chi connectivity index (χ4n) is 1.62. The van der Waals surface area contributed by atoms with E-state index in [-0.39, 0.29) is 12.5 Å². The number of ether oxygens (including phenoxy) is 1. The van der Waals surface area contributed by atoms with E-state index in [2.05, 4.69) is 17.2 Å². The van der Waals surface area contributed by atoms with Crippen molar-refractivity contribution in [3.8, 4) is 11.8 Å². The number of methoxy groups -OCH3 is 1. The molecule has 3 N–H and O–H groups in total. The van der Waals surface area contributed by atoms with Gasteiger partial charge in [-0.2, -0.15) is 0 Å². The van der Waals surface area contributed by atoms with E-state index in [1.54, 1.807) is 13.2 Å². The highest BCUT2D eigenvalue weighted by Crippen LogP contribution is 2.10. The van der Waals surface area contributed by atoms with E-state index in [0.29, 0.717) is 18.7 Å². The van der Waals surface area contributed by atoms with Gasteiger partial charge in [0.05, 0.1) is 12.1 Å². The van der Waals surface area contributed by atoms with Crippen molar-refractivity contribution in [2.24, 2.45) is 5.73 Å². The van der Waals surface area contributed by atoms with Crippen LogP contribution in [0.1, 0.15) is 27.9 Å². The molecule has 4 heteroatoms. The maximum atomic E-state index is 12.1. The van der Waals surface area contributed by atoms with E-state index in [1.165, 1.54) is 0 Å². The molecule has 0 aromatic heterocycles. The van der Waals surface area contributed by atoms with Gasteiger partial charge in [0.25, 0.3) is 5.91 Å². The largest absolute Gasteiger partial charge is 0.385 e. The molecule has 0 saturated carbocycles. The number of rotatable bonds is 5. The third-order valence-electron chi connectivity index (χ3n) is 2.56. The zero-order chi connectivity index (χ0) is 14.1. The Morgan fingerprint density at radius 1 is 1.47 bits per heavy atom. The van der Waals surface area contributed by atoms with Crippen LogP contribution in [0.25, 0.3) is 0 Å². The average molecular weight is 260 g/mol. The van der Waals surface area contributed by atoms with Gasteiger partial charge in [0.15, 0.2) is 0 Å². The number of nitrogens with two attached hydrogens (primary N) is 1. The molecule has 19 heavy (non-hydrogen) atoms. The van der Waals surface area contributed by atoms with Crippen LogP contribution in [0.2, 0.25) is 0 Å². The van der Waals surface area contributed by atoms with Crippen LogP contribution in [0.5, 0.6) is 0 Å². The Bertz CT molecular complexity index is 487. The molecule has 4 nitrogen and oxygen atoms in total. The molecule has 0 atom stereocenters. The van der Waals surface area contributed by atoms with Crippen molar-refractivity contribution >= 4 is 5.91 Å². The molecule has 1 amide bonds. The molecular weight excluding hydrogens is 240 g/mol. The van der Waals surface area contributed by atoms with E-state index in [0.717, 1.165) is 17.5 Å². The molecule has 0 heterocycles. The van der Waals surface area contributed by atoms with E-state index in [4.69, 9.17) is 10.5 Å². The molecular formula is C15H20N2O2. The van der Waals surface area contributed by atoms with Gasteiger partial charge >= 0.3 is 0 Å². The summed E-state index contributed by atoms with van der Waals surface area (Å²) in [6, 6.07) is 5.59. The zero-order valence-electron chi connectivity index (χ0n) is 11.5. The summed E-state index contributed by atoms with van der Waals surface area (Å²) < 4.78 is 4.93. The van der Waals surface area contributed by atoms with Crippen molar-refractivity contribution in [1.82, 2.24) is 5.32 Å². The van der Waals surface area contributed by atoms with Crippen molar-refractivity contribution in [3.05, 3.63) is 34.9 Å². The Kier molecular flexibility index (Phi) is 6.65. The second-order valence-electron chi connectivity index (χ2n) is 4.16. The quantitative estimate of drug-likeness (QED) is 0.615. The van der Waals surface area contributed by atoms with Crippen LogP contribution in [0.15, 0.2) is 18.2 Å². The number of benzene rings is 1. The molecule has 0 radical (unpaired) electrons. The van der Waals surface area contributed by atoms with Crippen LogP contribution in [0, 0.1) is 18.8 Å². The first kappa shape index (κ1) is 15.2. The summed E-state index contributed by atoms with van der Waals surface area (Å²) in [7, 11) is 1.64. The number of nitrogens with one attached hydrogen (secondary N) is 1. The molecule has 1 aromatic carbocycles. The number of hydrogen-bond donors (Lipinski definition) is 2. The second kappa shape index (κ2) is 8.30. The lowest BCUT2D eigenvalue weighted by molar-refractivity contribution is 0.0948. The lowest BCUT2D eigenvalue weighted by Crippen LogP contribution is -2.26. The van der Waals surface area contributed by atoms with Crippen LogP contribution in [-0.4, -0.2) is 32.7 Å². The highest BCUT2D eigenvalue weighted by Gasteiger charge is 2.09. The van der Waals surface area contributed by atoms with Crippen LogP contribution in [0.4, 0.5) is 0 Å². The SMILES string of the molecule is COCCCNC(=O)c1ccc(C)cc1C#CCN. The summed E-state index contributed by atoms with van der Waals surface area (Å²) in [5.74, 6) is 5.60. The van der Waals surface area contributed by atoms with Gasteiger partial charge in [-0.15, -0.1) is 0 Å². The van der Waals surface area contributed by atoms with Gasteiger partial charge < -0.3 is 15.8 Å². The number of amides is 1. The number of aryl methyl sites for hydroxylation is 1. The molecule has 0 aliphatic rings. The molecule has 0 aliphatic heterocycles. The van der Waals surface area contributed by atoms with Gasteiger partial charge in [0, 0.05) is 25.8 Å². The molecule has 0 bridgehead atoms. The predicted octanol–water partition coefficient (Wildman–Crippen LogP) is 1.07. The van der Waals surface area contributed by atoms with Crippen molar-refractivity contribution in [1.29, 1.82) is 0 Å². The van der Waals surface area contributed by atoms with Crippen molar-refractivity contribution < 1.29 is 9.53 Å². The lowest BCUT2D eigenvalue weighted by Gasteiger charge is -2.07. The van der Waals surface area contributed by atoms with Crippen LogP contribution in [0.3, 0.4) is 0 Å². The maximum absolute atomic E-state index is 12.1. The summed E-state index contributed by atoms with van der Waals surface area (Å²) >= 11 is 0. The monoisotopic (exact) mass is 260 g/mol. The zero-order valence-corrected chi connectivity index (χ0v) is 11.5. The van der Waals surface area contributed by atoms with Gasteiger partial charge in [-0.1, -0.05) is 17.9 Å². The molecule has 1 aromatic rings. The van der Waals surface area contributed by atoms with E-state index in [9.17, 15) is 4.79 Å². The topological polar surface area (TPSA) is 64.3 Å². The average Bonchev–Trinajstić information content (AvgIpc) is 2.41. The number of carbonyl (C=O) groups excluding carboxylic acids is 1. The van der Waals surface area contributed by atoms with E-state index in [1.807, 2.05) is 19.1 Å². The second-order valence-corrected chi connectivity index (χ2v) is 4.16. The minimum absolute atomic E-state index is 0.113. The molecule has 102 valence electrons. The van der Waals surface area contributed by atoms with Gasteiger partial charge in [-0.3, -0.25) is 4.79 Å². The Hall–Kier alpha value is -1.83. The van der Waals surface area contributed by atoms with Crippen LogP contribution in [-0.2, 0) is 4.74 Å². The normalized spacial score (nSPS) is 9.63. The Labute approximate surface area is 114 Å². The first-order valence-electron chi connectivity index (χ1n) is 6.25. The van der Waals surface area contributed by atoms with Crippen molar-refractivity contribution in [2.45, 2.75) is 13.3 Å². The van der Waals surface area contributed by atoms with Gasteiger partial charge in [0.1, 0.15) is 0 Å². The van der Waals surface area contributed by atoms with E-state index < -0.39 is 0 Å². The fourth-order valence-corrected chi connectivity index (χ4v) is 1.62. The lowest BCUT2D eigenvalue weighted by atomic mass is 10.0. The summed E-state index contributed by atoms with van der Waals surface area (Å²) in [6.45, 7) is 3.47. The minimum Gasteiger partial charge on any atom is -0.385 e. The molecule has 0 aliphatic carbocycles. The Morgan fingerprint density at radius 2 is 2.26 bits per heavy atom. The van der Waals surface area contributed by atoms with Crippen LogP contribution < -0.4 is 11.1 Å². The molecule has 0 saturated heterocycles. The first-order valence-corrected chi connectivity index (χ1v) is 6.25. The summed E-state index contributed by atoms with van der Waals surface area (Å²) in [6.07, 6.45) is 0.790.